The van der Waals surface area contributed by atoms with E-state index in [-0.39, 0.29) is 17.6 Å². The number of carbonyl (C=O) groups is 2. The molecule has 1 aliphatic heterocycles. The molecule has 1 N–H and O–H groups in total. The molecular formula is C16H16N2O4S. The quantitative estimate of drug-likeness (QED) is 0.871. The molecule has 0 atom stereocenters. The lowest BCUT2D eigenvalue weighted by Crippen LogP contribution is -2.27. The zero-order valence-corrected chi connectivity index (χ0v) is 13.4. The molecule has 2 heterocycles. The molecule has 1 aromatic heterocycles. The molecule has 0 unspecified atom stereocenters. The van der Waals surface area contributed by atoms with Crippen LogP contribution in [0, 0.1) is 6.92 Å². The molecular weight excluding hydrogens is 316 g/mol. The van der Waals surface area contributed by atoms with E-state index in [1.165, 1.54) is 17.8 Å². The Labute approximate surface area is 136 Å². The van der Waals surface area contributed by atoms with Crippen LogP contribution in [0.5, 0.6) is 0 Å². The van der Waals surface area contributed by atoms with Gasteiger partial charge in [-0.05, 0) is 24.6 Å². The largest absolute Gasteiger partial charge is 0.423 e. The van der Waals surface area contributed by atoms with Crippen LogP contribution in [0.4, 0.5) is 10.5 Å². The molecule has 2 amide bonds. The second-order valence-electron chi connectivity index (χ2n) is 5.36. The van der Waals surface area contributed by atoms with E-state index < -0.39 is 5.63 Å². The first-order valence-corrected chi connectivity index (χ1v) is 8.27. The van der Waals surface area contributed by atoms with Crippen molar-refractivity contribution in [1.29, 1.82) is 0 Å². The SMILES string of the molecule is Cc1cc(=O)oc2cc(NC(=O)CCN3CCSC3=O)ccc12. The number of fused-ring (bicyclic) bond motifs is 1. The average molecular weight is 332 g/mol. The Morgan fingerprint density at radius 3 is 2.91 bits per heavy atom. The maximum atomic E-state index is 12.0. The predicted octanol–water partition coefficient (Wildman–Crippen LogP) is 2.60. The fraction of sp³-hybridized carbons (Fsp3) is 0.312. The minimum atomic E-state index is -0.413. The van der Waals surface area contributed by atoms with Gasteiger partial charge in [-0.15, -0.1) is 0 Å². The summed E-state index contributed by atoms with van der Waals surface area (Å²) in [6.07, 6.45) is 0.238. The van der Waals surface area contributed by atoms with Gasteiger partial charge >= 0.3 is 5.63 Å². The predicted molar refractivity (Wildman–Crippen MR) is 89.9 cm³/mol. The number of aryl methyl sites for hydroxylation is 1. The van der Waals surface area contributed by atoms with Gasteiger partial charge in [0.25, 0.3) is 5.24 Å². The number of rotatable bonds is 4. The average Bonchev–Trinajstić information content (AvgIpc) is 2.90. The molecule has 0 spiro atoms. The molecule has 0 aliphatic carbocycles. The van der Waals surface area contributed by atoms with Crippen LogP contribution in [0.3, 0.4) is 0 Å². The normalized spacial score (nSPS) is 14.5. The Hall–Kier alpha value is -2.28. The summed E-state index contributed by atoms with van der Waals surface area (Å²) in [5, 5.41) is 3.63. The lowest BCUT2D eigenvalue weighted by molar-refractivity contribution is -0.116. The van der Waals surface area contributed by atoms with E-state index >= 15 is 0 Å². The number of anilines is 1. The van der Waals surface area contributed by atoms with E-state index in [0.717, 1.165) is 16.7 Å². The lowest BCUT2D eigenvalue weighted by Gasteiger charge is -2.14. The Bertz CT molecular complexity index is 830. The number of amides is 2. The lowest BCUT2D eigenvalue weighted by atomic mass is 10.1. The smallest absolute Gasteiger partial charge is 0.336 e. The Morgan fingerprint density at radius 1 is 1.35 bits per heavy atom. The van der Waals surface area contributed by atoms with Gasteiger partial charge in [0, 0.05) is 48.5 Å². The number of hydrogen-bond acceptors (Lipinski definition) is 5. The Morgan fingerprint density at radius 2 is 2.17 bits per heavy atom. The van der Waals surface area contributed by atoms with E-state index in [0.29, 0.717) is 24.4 Å². The van der Waals surface area contributed by atoms with E-state index in [4.69, 9.17) is 4.42 Å². The van der Waals surface area contributed by atoms with Crippen LogP contribution in [0.2, 0.25) is 0 Å². The second-order valence-corrected chi connectivity index (χ2v) is 6.41. The third-order valence-electron chi connectivity index (χ3n) is 3.69. The minimum Gasteiger partial charge on any atom is -0.423 e. The topological polar surface area (TPSA) is 79.6 Å². The van der Waals surface area contributed by atoms with Crippen LogP contribution in [0.15, 0.2) is 33.5 Å². The van der Waals surface area contributed by atoms with E-state index in [2.05, 4.69) is 5.32 Å². The zero-order chi connectivity index (χ0) is 16.4. The zero-order valence-electron chi connectivity index (χ0n) is 12.6. The van der Waals surface area contributed by atoms with Crippen molar-refractivity contribution in [2.75, 3.05) is 24.2 Å². The molecule has 1 aliphatic rings. The van der Waals surface area contributed by atoms with Crippen molar-refractivity contribution in [3.63, 3.8) is 0 Å². The molecule has 1 aromatic carbocycles. The molecule has 1 fully saturated rings. The summed E-state index contributed by atoms with van der Waals surface area (Å²) in [6, 6.07) is 6.65. The highest BCUT2D eigenvalue weighted by Gasteiger charge is 2.21. The summed E-state index contributed by atoms with van der Waals surface area (Å²) >= 11 is 1.28. The van der Waals surface area contributed by atoms with Crippen LogP contribution in [0.1, 0.15) is 12.0 Å². The first-order chi connectivity index (χ1) is 11.0. The number of hydrogen-bond donors (Lipinski definition) is 1. The second kappa shape index (κ2) is 6.45. The third kappa shape index (κ3) is 3.56. The first kappa shape index (κ1) is 15.6. The molecule has 120 valence electrons. The van der Waals surface area contributed by atoms with Crippen LogP contribution < -0.4 is 10.9 Å². The molecule has 0 saturated carbocycles. The fourth-order valence-electron chi connectivity index (χ4n) is 2.49. The van der Waals surface area contributed by atoms with Gasteiger partial charge in [0.05, 0.1) is 0 Å². The first-order valence-electron chi connectivity index (χ1n) is 7.29. The summed E-state index contributed by atoms with van der Waals surface area (Å²) in [5.74, 6) is 0.604. The molecule has 6 nitrogen and oxygen atoms in total. The molecule has 23 heavy (non-hydrogen) atoms. The summed E-state index contributed by atoms with van der Waals surface area (Å²) in [6.45, 7) is 2.94. The van der Waals surface area contributed by atoms with E-state index in [1.807, 2.05) is 13.0 Å². The van der Waals surface area contributed by atoms with Gasteiger partial charge in [-0.25, -0.2) is 4.79 Å². The molecule has 0 bridgehead atoms. The van der Waals surface area contributed by atoms with Crippen molar-refractivity contribution in [2.45, 2.75) is 13.3 Å². The number of thioether (sulfide) groups is 1. The summed E-state index contributed by atoms with van der Waals surface area (Å²) in [5.41, 5.74) is 1.43. The third-order valence-corrected chi connectivity index (χ3v) is 4.58. The van der Waals surface area contributed by atoms with Crippen LogP contribution in [-0.2, 0) is 4.79 Å². The van der Waals surface area contributed by atoms with Crippen LogP contribution in [-0.4, -0.2) is 34.9 Å². The minimum absolute atomic E-state index is 0.0285. The van der Waals surface area contributed by atoms with Gasteiger partial charge in [-0.3, -0.25) is 9.59 Å². The highest BCUT2D eigenvalue weighted by molar-refractivity contribution is 8.13. The van der Waals surface area contributed by atoms with Crippen LogP contribution >= 0.6 is 11.8 Å². The van der Waals surface area contributed by atoms with Crippen molar-refractivity contribution >= 4 is 39.6 Å². The van der Waals surface area contributed by atoms with Gasteiger partial charge in [0.1, 0.15) is 5.58 Å². The van der Waals surface area contributed by atoms with E-state index in [9.17, 15) is 14.4 Å². The highest BCUT2D eigenvalue weighted by atomic mass is 32.2. The number of carbonyl (C=O) groups excluding carboxylic acids is 2. The van der Waals surface area contributed by atoms with Crippen molar-refractivity contribution in [1.82, 2.24) is 4.90 Å². The molecule has 2 aromatic rings. The van der Waals surface area contributed by atoms with Crippen molar-refractivity contribution in [3.8, 4) is 0 Å². The van der Waals surface area contributed by atoms with E-state index in [1.54, 1.807) is 17.0 Å². The van der Waals surface area contributed by atoms with Crippen molar-refractivity contribution in [3.05, 3.63) is 40.2 Å². The van der Waals surface area contributed by atoms with Gasteiger partial charge in [-0.2, -0.15) is 0 Å². The monoisotopic (exact) mass is 332 g/mol. The van der Waals surface area contributed by atoms with Gasteiger partial charge in [0.2, 0.25) is 5.91 Å². The van der Waals surface area contributed by atoms with Gasteiger partial charge < -0.3 is 14.6 Å². The van der Waals surface area contributed by atoms with Crippen LogP contribution in [0.25, 0.3) is 11.0 Å². The number of nitrogens with one attached hydrogen (secondary N) is 1. The van der Waals surface area contributed by atoms with Gasteiger partial charge in [-0.1, -0.05) is 11.8 Å². The van der Waals surface area contributed by atoms with Crippen molar-refractivity contribution in [2.24, 2.45) is 0 Å². The summed E-state index contributed by atoms with van der Waals surface area (Å²) in [7, 11) is 0. The molecule has 1 saturated heterocycles. The maximum Gasteiger partial charge on any atom is 0.336 e. The fourth-order valence-corrected chi connectivity index (χ4v) is 3.34. The highest BCUT2D eigenvalue weighted by Crippen LogP contribution is 2.21. The Balaban J connectivity index is 1.67. The molecule has 0 radical (unpaired) electrons. The number of nitrogens with zero attached hydrogens (tertiary/aromatic N) is 1. The molecule has 3 rings (SSSR count). The van der Waals surface area contributed by atoms with Crippen molar-refractivity contribution < 1.29 is 14.0 Å². The standard InChI is InChI=1S/C16H16N2O4S/c1-10-8-15(20)22-13-9-11(2-3-12(10)13)17-14(19)4-5-18-6-7-23-16(18)21/h2-3,8-9H,4-7H2,1H3,(H,17,19). The molecule has 7 heteroatoms. The summed E-state index contributed by atoms with van der Waals surface area (Å²) in [4.78, 5) is 36.6. The Kier molecular flexibility index (Phi) is 4.38. The van der Waals surface area contributed by atoms with Gasteiger partial charge in [0.15, 0.2) is 0 Å². The number of benzene rings is 1. The summed E-state index contributed by atoms with van der Waals surface area (Å²) < 4.78 is 5.16. The maximum absolute atomic E-state index is 12.0.